The minimum Gasteiger partial charge on any atom is -0.377 e. The lowest BCUT2D eigenvalue weighted by Crippen LogP contribution is -2.31. The fraction of sp³-hybridized carbons (Fsp3) is 1.00. The highest BCUT2D eigenvalue weighted by Gasteiger charge is 2.15. The van der Waals surface area contributed by atoms with Crippen molar-refractivity contribution in [2.24, 2.45) is 5.92 Å². The second-order valence-corrected chi connectivity index (χ2v) is 5.19. The van der Waals surface area contributed by atoms with Gasteiger partial charge in [0.2, 0.25) is 0 Å². The molecule has 0 saturated carbocycles. The summed E-state index contributed by atoms with van der Waals surface area (Å²) < 4.78 is 5.63. The minimum absolute atomic E-state index is 0.410. The van der Waals surface area contributed by atoms with E-state index in [0.29, 0.717) is 6.10 Å². The second-order valence-electron chi connectivity index (χ2n) is 4.74. The van der Waals surface area contributed by atoms with Gasteiger partial charge < -0.3 is 9.64 Å². The highest BCUT2D eigenvalue weighted by Crippen LogP contribution is 2.12. The topological polar surface area (TPSA) is 12.5 Å². The van der Waals surface area contributed by atoms with Gasteiger partial charge in [-0.25, -0.2) is 0 Å². The Balaban J connectivity index is 2.18. The summed E-state index contributed by atoms with van der Waals surface area (Å²) in [5.74, 6) is 1.82. The van der Waals surface area contributed by atoms with E-state index in [9.17, 15) is 0 Å². The van der Waals surface area contributed by atoms with Gasteiger partial charge >= 0.3 is 0 Å². The van der Waals surface area contributed by atoms with Gasteiger partial charge in [-0.2, -0.15) is 12.6 Å². The summed E-state index contributed by atoms with van der Waals surface area (Å²) in [4.78, 5) is 2.55. The number of nitrogens with zero attached hydrogens (tertiary/aromatic N) is 1. The van der Waals surface area contributed by atoms with E-state index in [-0.39, 0.29) is 0 Å². The van der Waals surface area contributed by atoms with Gasteiger partial charge in [-0.05, 0) is 44.4 Å². The maximum Gasteiger partial charge on any atom is 0.0673 e. The Morgan fingerprint density at radius 3 is 3.00 bits per heavy atom. The fourth-order valence-corrected chi connectivity index (χ4v) is 2.49. The van der Waals surface area contributed by atoms with Crippen molar-refractivity contribution in [1.82, 2.24) is 4.90 Å². The Kier molecular flexibility index (Phi) is 6.69. The molecule has 0 aromatic rings. The van der Waals surface area contributed by atoms with Gasteiger partial charge in [0.25, 0.3) is 0 Å². The van der Waals surface area contributed by atoms with Gasteiger partial charge in [-0.15, -0.1) is 0 Å². The first-order valence-electron chi connectivity index (χ1n) is 6.17. The Morgan fingerprint density at radius 2 is 2.27 bits per heavy atom. The van der Waals surface area contributed by atoms with E-state index in [1.807, 2.05) is 0 Å². The number of rotatable bonds is 5. The van der Waals surface area contributed by atoms with Gasteiger partial charge in [0.1, 0.15) is 0 Å². The Bertz CT molecular complexity index is 166. The maximum atomic E-state index is 5.63. The first kappa shape index (κ1) is 13.3. The summed E-state index contributed by atoms with van der Waals surface area (Å²) in [7, 11) is 0. The lowest BCUT2D eigenvalue weighted by atomic mass is 10.0. The monoisotopic (exact) mass is 231 g/mol. The Morgan fingerprint density at radius 1 is 1.47 bits per heavy atom. The molecule has 0 aromatic heterocycles. The van der Waals surface area contributed by atoms with E-state index in [0.717, 1.165) is 24.8 Å². The van der Waals surface area contributed by atoms with Crippen molar-refractivity contribution in [3.8, 4) is 0 Å². The van der Waals surface area contributed by atoms with Gasteiger partial charge in [0.15, 0.2) is 0 Å². The third kappa shape index (κ3) is 5.79. The van der Waals surface area contributed by atoms with Crippen LogP contribution in [-0.2, 0) is 4.74 Å². The maximum absolute atomic E-state index is 5.63. The second kappa shape index (κ2) is 7.53. The summed E-state index contributed by atoms with van der Waals surface area (Å²) in [5, 5.41) is 0. The quantitative estimate of drug-likeness (QED) is 0.730. The van der Waals surface area contributed by atoms with E-state index in [1.165, 1.54) is 32.4 Å². The third-order valence-electron chi connectivity index (χ3n) is 3.10. The molecular weight excluding hydrogens is 206 g/mol. The van der Waals surface area contributed by atoms with Crippen molar-refractivity contribution in [3.05, 3.63) is 0 Å². The van der Waals surface area contributed by atoms with Crippen LogP contribution in [0.2, 0.25) is 0 Å². The summed E-state index contributed by atoms with van der Waals surface area (Å²) in [6.07, 6.45) is 4.13. The van der Waals surface area contributed by atoms with E-state index in [1.54, 1.807) is 0 Å². The molecule has 0 amide bonds. The molecule has 1 fully saturated rings. The van der Waals surface area contributed by atoms with Crippen molar-refractivity contribution >= 4 is 12.6 Å². The van der Waals surface area contributed by atoms with Crippen LogP contribution in [0.4, 0.5) is 0 Å². The minimum atomic E-state index is 0.410. The molecule has 15 heavy (non-hydrogen) atoms. The Hall–Kier alpha value is 0.270. The normalized spacial score (nSPS) is 26.2. The summed E-state index contributed by atoms with van der Waals surface area (Å²) in [6.45, 7) is 8.97. The molecule has 3 heteroatoms. The van der Waals surface area contributed by atoms with E-state index in [2.05, 4.69) is 31.4 Å². The van der Waals surface area contributed by atoms with Crippen LogP contribution in [0.15, 0.2) is 0 Å². The number of hydrogen-bond acceptors (Lipinski definition) is 3. The van der Waals surface area contributed by atoms with Crippen LogP contribution in [0.25, 0.3) is 0 Å². The molecule has 0 N–H and O–H groups in total. The van der Waals surface area contributed by atoms with E-state index < -0.39 is 0 Å². The first-order valence-corrected chi connectivity index (χ1v) is 6.80. The van der Waals surface area contributed by atoms with Crippen LogP contribution in [-0.4, -0.2) is 43.0 Å². The van der Waals surface area contributed by atoms with Crippen LogP contribution in [0.1, 0.15) is 33.1 Å². The molecule has 2 nitrogen and oxygen atoms in total. The smallest absolute Gasteiger partial charge is 0.0673 e. The Labute approximate surface area is 99.8 Å². The van der Waals surface area contributed by atoms with Crippen LogP contribution in [0.3, 0.4) is 0 Å². The van der Waals surface area contributed by atoms with Crippen molar-refractivity contribution in [1.29, 1.82) is 0 Å². The third-order valence-corrected chi connectivity index (χ3v) is 3.35. The summed E-state index contributed by atoms with van der Waals surface area (Å²) >= 11 is 4.28. The van der Waals surface area contributed by atoms with Crippen LogP contribution in [0, 0.1) is 5.92 Å². The lowest BCUT2D eigenvalue weighted by Gasteiger charge is -2.23. The molecule has 1 aliphatic rings. The zero-order chi connectivity index (χ0) is 11.1. The van der Waals surface area contributed by atoms with Crippen LogP contribution >= 0.6 is 12.6 Å². The molecule has 0 bridgehead atoms. The fourth-order valence-electron chi connectivity index (χ4n) is 2.05. The van der Waals surface area contributed by atoms with Crippen molar-refractivity contribution in [2.75, 3.05) is 32.0 Å². The summed E-state index contributed by atoms with van der Waals surface area (Å²) in [5.41, 5.74) is 0. The van der Waals surface area contributed by atoms with Crippen molar-refractivity contribution in [2.45, 2.75) is 39.2 Å². The molecule has 2 unspecified atom stereocenters. The standard InChI is InChI=1S/C12H25NOS/c1-11(5-9-15)4-7-13-6-3-8-14-12(2)10-13/h11-12,15H,3-10H2,1-2H3. The van der Waals surface area contributed by atoms with E-state index in [4.69, 9.17) is 4.74 Å². The van der Waals surface area contributed by atoms with Gasteiger partial charge in [-0.1, -0.05) is 6.92 Å². The zero-order valence-electron chi connectivity index (χ0n) is 10.1. The molecule has 90 valence electrons. The van der Waals surface area contributed by atoms with Gasteiger partial charge in [0.05, 0.1) is 6.10 Å². The molecule has 1 aliphatic heterocycles. The average Bonchev–Trinajstić information content (AvgIpc) is 2.40. The highest BCUT2D eigenvalue weighted by molar-refractivity contribution is 7.80. The van der Waals surface area contributed by atoms with Crippen molar-refractivity contribution < 1.29 is 4.74 Å². The average molecular weight is 231 g/mol. The molecular formula is C12H25NOS. The summed E-state index contributed by atoms with van der Waals surface area (Å²) in [6, 6.07) is 0. The largest absolute Gasteiger partial charge is 0.377 e. The SMILES string of the molecule is CC(CCS)CCN1CCCOC(C)C1. The molecule has 1 heterocycles. The molecule has 0 spiro atoms. The first-order chi connectivity index (χ1) is 7.22. The lowest BCUT2D eigenvalue weighted by molar-refractivity contribution is 0.0671. The number of thiol groups is 1. The van der Waals surface area contributed by atoms with Crippen LogP contribution < -0.4 is 0 Å². The number of hydrogen-bond donors (Lipinski definition) is 1. The molecule has 1 rings (SSSR count). The molecule has 0 aliphatic carbocycles. The zero-order valence-corrected chi connectivity index (χ0v) is 11.0. The molecule has 0 radical (unpaired) electrons. The van der Waals surface area contributed by atoms with E-state index >= 15 is 0 Å². The van der Waals surface area contributed by atoms with Gasteiger partial charge in [0, 0.05) is 19.7 Å². The van der Waals surface area contributed by atoms with Crippen molar-refractivity contribution in [3.63, 3.8) is 0 Å². The molecule has 1 saturated heterocycles. The molecule has 2 atom stereocenters. The van der Waals surface area contributed by atoms with Gasteiger partial charge in [-0.3, -0.25) is 0 Å². The van der Waals surface area contributed by atoms with Crippen LogP contribution in [0.5, 0.6) is 0 Å². The molecule has 0 aromatic carbocycles. The number of ether oxygens (including phenoxy) is 1. The predicted molar refractivity (Wildman–Crippen MR) is 68.7 cm³/mol. The highest BCUT2D eigenvalue weighted by atomic mass is 32.1. The predicted octanol–water partition coefficient (Wildman–Crippen LogP) is 2.44.